The molecule has 1 aromatic rings. The second-order valence-electron chi connectivity index (χ2n) is 5.62. The molecule has 1 aromatic carbocycles. The summed E-state index contributed by atoms with van der Waals surface area (Å²) in [6.07, 6.45) is 4.65. The number of benzene rings is 1. The number of carbonyl (C=O) groups is 1. The molecule has 2 rings (SSSR count). The van der Waals surface area contributed by atoms with E-state index in [1.165, 1.54) is 12.8 Å². The Morgan fingerprint density at radius 2 is 1.81 bits per heavy atom. The average Bonchev–Trinajstić information content (AvgIpc) is 2.47. The number of halogens is 1. The molecule has 0 unspecified atom stereocenters. The SMILES string of the molecule is COc1ccc(C(=O)N[C@@H]2CCCC[C@H]2N(C)C)cc1.Cl. The van der Waals surface area contributed by atoms with E-state index in [-0.39, 0.29) is 24.4 Å². The Hall–Kier alpha value is -1.26. The number of nitrogens with zero attached hydrogens (tertiary/aromatic N) is 1. The van der Waals surface area contributed by atoms with Crippen LogP contribution in [0.2, 0.25) is 0 Å². The second kappa shape index (κ2) is 8.25. The van der Waals surface area contributed by atoms with E-state index in [1.54, 1.807) is 7.11 Å². The number of amides is 1. The summed E-state index contributed by atoms with van der Waals surface area (Å²) in [6, 6.07) is 7.93. The highest BCUT2D eigenvalue weighted by molar-refractivity contribution is 5.94. The van der Waals surface area contributed by atoms with Crippen molar-refractivity contribution < 1.29 is 9.53 Å². The molecule has 5 heteroatoms. The van der Waals surface area contributed by atoms with Gasteiger partial charge in [-0.3, -0.25) is 4.79 Å². The van der Waals surface area contributed by atoms with Crippen LogP contribution in [0, 0.1) is 0 Å². The molecule has 118 valence electrons. The number of likely N-dealkylation sites (N-methyl/N-ethyl adjacent to an activating group) is 1. The molecule has 0 aromatic heterocycles. The summed E-state index contributed by atoms with van der Waals surface area (Å²) in [5.41, 5.74) is 0.689. The molecule has 1 aliphatic carbocycles. The first-order valence-corrected chi connectivity index (χ1v) is 7.23. The van der Waals surface area contributed by atoms with Crippen LogP contribution in [0.1, 0.15) is 36.0 Å². The van der Waals surface area contributed by atoms with Gasteiger partial charge in [0, 0.05) is 17.6 Å². The van der Waals surface area contributed by atoms with E-state index in [0.29, 0.717) is 11.6 Å². The van der Waals surface area contributed by atoms with Gasteiger partial charge in [0.15, 0.2) is 0 Å². The van der Waals surface area contributed by atoms with Gasteiger partial charge in [0.2, 0.25) is 0 Å². The van der Waals surface area contributed by atoms with E-state index in [0.717, 1.165) is 18.6 Å². The topological polar surface area (TPSA) is 41.6 Å². The summed E-state index contributed by atoms with van der Waals surface area (Å²) in [7, 11) is 5.80. The lowest BCUT2D eigenvalue weighted by Crippen LogP contribution is -2.51. The summed E-state index contributed by atoms with van der Waals surface area (Å²) >= 11 is 0. The maximum Gasteiger partial charge on any atom is 0.251 e. The van der Waals surface area contributed by atoms with Gasteiger partial charge in [0.05, 0.1) is 7.11 Å². The van der Waals surface area contributed by atoms with E-state index in [4.69, 9.17) is 4.74 Å². The number of nitrogens with one attached hydrogen (secondary N) is 1. The molecular formula is C16H25ClN2O2. The maximum atomic E-state index is 12.3. The average molecular weight is 313 g/mol. The first-order valence-electron chi connectivity index (χ1n) is 7.23. The molecule has 4 nitrogen and oxygen atoms in total. The molecule has 0 heterocycles. The number of rotatable bonds is 4. The summed E-state index contributed by atoms with van der Waals surface area (Å²) in [5.74, 6) is 0.775. The van der Waals surface area contributed by atoms with Crippen molar-refractivity contribution in [3.8, 4) is 5.75 Å². The standard InChI is InChI=1S/C16H24N2O2.ClH/c1-18(2)15-7-5-4-6-14(15)17-16(19)12-8-10-13(20-3)11-9-12;/h8-11,14-15H,4-7H2,1-3H3,(H,17,19);1H/t14-,15-;/m1./s1. The van der Waals surface area contributed by atoms with Gasteiger partial charge in [0.1, 0.15) is 5.75 Å². The Bertz CT molecular complexity index is 448. The fraction of sp³-hybridized carbons (Fsp3) is 0.562. The Morgan fingerprint density at radius 3 is 2.38 bits per heavy atom. The molecular weight excluding hydrogens is 288 g/mol. The smallest absolute Gasteiger partial charge is 0.251 e. The highest BCUT2D eigenvalue weighted by atomic mass is 35.5. The molecule has 2 atom stereocenters. The molecule has 1 saturated carbocycles. The van der Waals surface area contributed by atoms with E-state index in [1.807, 2.05) is 24.3 Å². The van der Waals surface area contributed by atoms with Gasteiger partial charge in [-0.1, -0.05) is 12.8 Å². The third-order valence-electron chi connectivity index (χ3n) is 4.06. The van der Waals surface area contributed by atoms with E-state index in [2.05, 4.69) is 24.3 Å². The van der Waals surface area contributed by atoms with Crippen LogP contribution in [0.3, 0.4) is 0 Å². The summed E-state index contributed by atoms with van der Waals surface area (Å²) < 4.78 is 5.11. The number of carbonyl (C=O) groups excluding carboxylic acids is 1. The maximum absolute atomic E-state index is 12.3. The summed E-state index contributed by atoms with van der Waals surface area (Å²) in [6.45, 7) is 0. The van der Waals surface area contributed by atoms with Gasteiger partial charge >= 0.3 is 0 Å². The Balaban J connectivity index is 0.00000220. The molecule has 1 aliphatic rings. The molecule has 0 spiro atoms. The van der Waals surface area contributed by atoms with E-state index in [9.17, 15) is 4.79 Å². The van der Waals surface area contributed by atoms with Crippen molar-refractivity contribution in [1.82, 2.24) is 10.2 Å². The fourth-order valence-corrected chi connectivity index (χ4v) is 2.89. The summed E-state index contributed by atoms with van der Waals surface area (Å²) in [4.78, 5) is 14.5. The minimum atomic E-state index is 0. The van der Waals surface area contributed by atoms with E-state index < -0.39 is 0 Å². The molecule has 1 amide bonds. The van der Waals surface area contributed by atoms with Crippen LogP contribution in [0.5, 0.6) is 5.75 Å². The van der Waals surface area contributed by atoms with Crippen LogP contribution in [-0.4, -0.2) is 44.1 Å². The zero-order valence-electron chi connectivity index (χ0n) is 13.0. The van der Waals surface area contributed by atoms with Gasteiger partial charge in [0.25, 0.3) is 5.91 Å². The van der Waals surface area contributed by atoms with Gasteiger partial charge in [-0.25, -0.2) is 0 Å². The van der Waals surface area contributed by atoms with Gasteiger partial charge in [-0.05, 0) is 51.2 Å². The predicted molar refractivity (Wildman–Crippen MR) is 87.4 cm³/mol. The number of hydrogen-bond acceptors (Lipinski definition) is 3. The van der Waals surface area contributed by atoms with Gasteiger partial charge in [-0.15, -0.1) is 12.4 Å². The normalized spacial score (nSPS) is 21.5. The highest BCUT2D eigenvalue weighted by Gasteiger charge is 2.28. The minimum Gasteiger partial charge on any atom is -0.497 e. The third-order valence-corrected chi connectivity index (χ3v) is 4.06. The number of ether oxygens (including phenoxy) is 1. The van der Waals surface area contributed by atoms with Crippen LogP contribution >= 0.6 is 12.4 Å². The first-order chi connectivity index (χ1) is 9.61. The van der Waals surface area contributed by atoms with Crippen molar-refractivity contribution >= 4 is 18.3 Å². The lowest BCUT2D eigenvalue weighted by Gasteiger charge is -2.36. The van der Waals surface area contributed by atoms with Crippen molar-refractivity contribution in [3.05, 3.63) is 29.8 Å². The quantitative estimate of drug-likeness (QED) is 0.929. The van der Waals surface area contributed by atoms with Gasteiger partial charge < -0.3 is 15.0 Å². The molecule has 1 fully saturated rings. The van der Waals surface area contributed by atoms with Crippen LogP contribution in [0.25, 0.3) is 0 Å². The van der Waals surface area contributed by atoms with Crippen molar-refractivity contribution in [3.63, 3.8) is 0 Å². The molecule has 21 heavy (non-hydrogen) atoms. The largest absolute Gasteiger partial charge is 0.497 e. The molecule has 1 N–H and O–H groups in total. The summed E-state index contributed by atoms with van der Waals surface area (Å²) in [5, 5.41) is 3.18. The fourth-order valence-electron chi connectivity index (χ4n) is 2.89. The van der Waals surface area contributed by atoms with Gasteiger partial charge in [-0.2, -0.15) is 0 Å². The monoisotopic (exact) mass is 312 g/mol. The Labute approximate surface area is 133 Å². The highest BCUT2D eigenvalue weighted by Crippen LogP contribution is 2.22. The molecule has 0 bridgehead atoms. The molecule has 0 saturated heterocycles. The molecule has 0 aliphatic heterocycles. The zero-order chi connectivity index (χ0) is 14.5. The van der Waals surface area contributed by atoms with Crippen molar-refractivity contribution in [2.75, 3.05) is 21.2 Å². The lowest BCUT2D eigenvalue weighted by molar-refractivity contribution is 0.0883. The first kappa shape index (κ1) is 17.8. The van der Waals surface area contributed by atoms with E-state index >= 15 is 0 Å². The Morgan fingerprint density at radius 1 is 1.19 bits per heavy atom. The zero-order valence-corrected chi connectivity index (χ0v) is 13.8. The van der Waals surface area contributed by atoms with Crippen molar-refractivity contribution in [2.24, 2.45) is 0 Å². The predicted octanol–water partition coefficient (Wildman–Crippen LogP) is 2.72. The minimum absolute atomic E-state index is 0. The van der Waals surface area contributed by atoms with Crippen LogP contribution in [0.4, 0.5) is 0 Å². The Kier molecular flexibility index (Phi) is 6.99. The number of hydrogen-bond donors (Lipinski definition) is 1. The lowest BCUT2D eigenvalue weighted by atomic mass is 9.89. The van der Waals surface area contributed by atoms with Crippen LogP contribution < -0.4 is 10.1 Å². The van der Waals surface area contributed by atoms with Crippen molar-refractivity contribution in [2.45, 2.75) is 37.8 Å². The number of methoxy groups -OCH3 is 1. The van der Waals surface area contributed by atoms with Crippen LogP contribution in [0.15, 0.2) is 24.3 Å². The second-order valence-corrected chi connectivity index (χ2v) is 5.62. The van der Waals surface area contributed by atoms with Crippen molar-refractivity contribution in [1.29, 1.82) is 0 Å². The third kappa shape index (κ3) is 4.61. The van der Waals surface area contributed by atoms with Crippen LogP contribution in [-0.2, 0) is 0 Å². The molecule has 0 radical (unpaired) electrons.